The normalized spacial score (nSPS) is 11.5. The van der Waals surface area contributed by atoms with Crippen molar-refractivity contribution in [2.45, 2.75) is 27.7 Å². The SMILES string of the molecule is Cc1ccc2nc(-c3ccc(Br)cc3)cc(C(=O)OCC(=O)C(C)(C)C)c2c1. The van der Waals surface area contributed by atoms with E-state index in [4.69, 9.17) is 9.72 Å². The number of aryl methyl sites for hydroxylation is 1. The van der Waals surface area contributed by atoms with E-state index in [9.17, 15) is 9.59 Å². The van der Waals surface area contributed by atoms with E-state index < -0.39 is 11.4 Å². The van der Waals surface area contributed by atoms with E-state index in [1.54, 1.807) is 26.8 Å². The summed E-state index contributed by atoms with van der Waals surface area (Å²) in [5, 5.41) is 0.717. The van der Waals surface area contributed by atoms with Gasteiger partial charge in [0.1, 0.15) is 0 Å². The van der Waals surface area contributed by atoms with Gasteiger partial charge in [0.05, 0.1) is 16.8 Å². The van der Waals surface area contributed by atoms with Crippen LogP contribution in [0, 0.1) is 12.3 Å². The topological polar surface area (TPSA) is 56.3 Å². The van der Waals surface area contributed by atoms with Crippen molar-refractivity contribution in [3.8, 4) is 11.3 Å². The maximum atomic E-state index is 12.8. The number of halogens is 1. The molecule has 0 fully saturated rings. The highest BCUT2D eigenvalue weighted by molar-refractivity contribution is 9.10. The summed E-state index contributed by atoms with van der Waals surface area (Å²) in [6.45, 7) is 7.13. The van der Waals surface area contributed by atoms with Crippen molar-refractivity contribution in [1.82, 2.24) is 4.98 Å². The van der Waals surface area contributed by atoms with E-state index in [0.29, 0.717) is 22.2 Å². The second kappa shape index (κ2) is 7.84. The number of hydrogen-bond donors (Lipinski definition) is 0. The molecule has 0 bridgehead atoms. The molecule has 4 nitrogen and oxygen atoms in total. The van der Waals surface area contributed by atoms with Crippen molar-refractivity contribution >= 4 is 38.6 Å². The first kappa shape index (κ1) is 20.2. The molecule has 1 heterocycles. The van der Waals surface area contributed by atoms with Gasteiger partial charge >= 0.3 is 5.97 Å². The molecule has 0 radical (unpaired) electrons. The Morgan fingerprint density at radius 1 is 1.04 bits per heavy atom. The highest BCUT2D eigenvalue weighted by Gasteiger charge is 2.23. The van der Waals surface area contributed by atoms with E-state index in [2.05, 4.69) is 15.9 Å². The quantitative estimate of drug-likeness (QED) is 0.485. The van der Waals surface area contributed by atoms with Crippen molar-refractivity contribution in [2.75, 3.05) is 6.61 Å². The fraction of sp³-hybridized carbons (Fsp3) is 0.261. The molecular formula is C23H22BrNO3. The number of fused-ring (bicyclic) bond motifs is 1. The molecule has 0 aliphatic heterocycles. The lowest BCUT2D eigenvalue weighted by molar-refractivity contribution is -0.129. The number of nitrogens with zero attached hydrogens (tertiary/aromatic N) is 1. The Morgan fingerprint density at radius 2 is 1.71 bits per heavy atom. The Hall–Kier alpha value is -2.53. The summed E-state index contributed by atoms with van der Waals surface area (Å²) in [6, 6.07) is 15.2. The van der Waals surface area contributed by atoms with Gasteiger partial charge in [0.2, 0.25) is 0 Å². The number of hydrogen-bond acceptors (Lipinski definition) is 4. The lowest BCUT2D eigenvalue weighted by atomic mass is 9.91. The number of carbonyl (C=O) groups is 2. The third-order valence-electron chi connectivity index (χ3n) is 4.49. The van der Waals surface area contributed by atoms with Gasteiger partial charge in [-0.1, -0.05) is 60.5 Å². The van der Waals surface area contributed by atoms with Crippen molar-refractivity contribution < 1.29 is 14.3 Å². The maximum absolute atomic E-state index is 12.8. The molecule has 0 aliphatic rings. The monoisotopic (exact) mass is 439 g/mol. The van der Waals surface area contributed by atoms with E-state index in [1.165, 1.54) is 0 Å². The lowest BCUT2D eigenvalue weighted by Crippen LogP contribution is -2.26. The Balaban J connectivity index is 2.03. The van der Waals surface area contributed by atoms with E-state index in [0.717, 1.165) is 15.6 Å². The van der Waals surface area contributed by atoms with Gasteiger partial charge in [-0.15, -0.1) is 0 Å². The molecule has 3 rings (SSSR count). The van der Waals surface area contributed by atoms with Crippen LogP contribution >= 0.6 is 15.9 Å². The molecule has 28 heavy (non-hydrogen) atoms. The third-order valence-corrected chi connectivity index (χ3v) is 5.02. The van der Waals surface area contributed by atoms with Gasteiger partial charge in [0, 0.05) is 20.8 Å². The summed E-state index contributed by atoms with van der Waals surface area (Å²) in [5.41, 5.74) is 3.15. The number of ether oxygens (including phenoxy) is 1. The first-order valence-corrected chi connectivity index (χ1v) is 9.82. The maximum Gasteiger partial charge on any atom is 0.339 e. The summed E-state index contributed by atoms with van der Waals surface area (Å²) in [6.07, 6.45) is 0. The molecule has 0 aliphatic carbocycles. The van der Waals surface area contributed by atoms with Gasteiger partial charge in [-0.2, -0.15) is 0 Å². The first-order valence-electron chi connectivity index (χ1n) is 9.03. The second-order valence-corrected chi connectivity index (χ2v) is 8.75. The molecule has 3 aromatic rings. The zero-order valence-corrected chi connectivity index (χ0v) is 18.0. The Kier molecular flexibility index (Phi) is 5.66. The van der Waals surface area contributed by atoms with Gasteiger partial charge in [0.15, 0.2) is 12.4 Å². The molecule has 0 atom stereocenters. The number of benzene rings is 2. The van der Waals surface area contributed by atoms with Gasteiger partial charge in [-0.3, -0.25) is 4.79 Å². The molecule has 0 amide bonds. The van der Waals surface area contributed by atoms with Crippen LogP contribution in [0.15, 0.2) is 53.0 Å². The summed E-state index contributed by atoms with van der Waals surface area (Å²) < 4.78 is 6.32. The molecule has 0 spiro atoms. The van der Waals surface area contributed by atoms with E-state index >= 15 is 0 Å². The molecule has 2 aromatic carbocycles. The summed E-state index contributed by atoms with van der Waals surface area (Å²) in [4.78, 5) is 29.7. The highest BCUT2D eigenvalue weighted by Crippen LogP contribution is 2.27. The first-order chi connectivity index (χ1) is 13.1. The minimum atomic E-state index is -0.556. The predicted octanol–water partition coefficient (Wildman–Crippen LogP) is 5.74. The minimum absolute atomic E-state index is 0.122. The van der Waals surface area contributed by atoms with Crippen LogP contribution in [0.3, 0.4) is 0 Å². The van der Waals surface area contributed by atoms with Crippen molar-refractivity contribution in [1.29, 1.82) is 0 Å². The number of Topliss-reactive ketones (excluding diaryl/α,β-unsaturated/α-hetero) is 1. The molecule has 1 aromatic heterocycles. The van der Waals surface area contributed by atoms with Crippen LogP contribution < -0.4 is 0 Å². The highest BCUT2D eigenvalue weighted by atomic mass is 79.9. The smallest absolute Gasteiger partial charge is 0.339 e. The van der Waals surface area contributed by atoms with Crippen molar-refractivity contribution in [3.05, 3.63) is 64.1 Å². The zero-order chi connectivity index (χ0) is 20.5. The van der Waals surface area contributed by atoms with Gasteiger partial charge in [-0.05, 0) is 37.3 Å². The van der Waals surface area contributed by atoms with Crippen LogP contribution in [0.5, 0.6) is 0 Å². The standard InChI is InChI=1S/C23H22BrNO3/c1-14-5-10-19-17(11-14)18(22(27)28-13-21(26)23(2,3)4)12-20(25-19)15-6-8-16(24)9-7-15/h5-12H,13H2,1-4H3. The molecule has 0 unspecified atom stereocenters. The molecule has 0 saturated carbocycles. The average Bonchev–Trinajstić information content (AvgIpc) is 2.64. The Bertz CT molecular complexity index is 1050. The van der Waals surface area contributed by atoms with Crippen LogP contribution in [0.25, 0.3) is 22.2 Å². The number of carbonyl (C=O) groups excluding carboxylic acids is 2. The van der Waals surface area contributed by atoms with Crippen molar-refractivity contribution in [2.24, 2.45) is 5.41 Å². The summed E-state index contributed by atoms with van der Waals surface area (Å²) in [7, 11) is 0. The van der Waals surface area contributed by atoms with E-state index in [-0.39, 0.29) is 12.4 Å². The molecular weight excluding hydrogens is 418 g/mol. The zero-order valence-electron chi connectivity index (χ0n) is 16.4. The number of rotatable bonds is 4. The average molecular weight is 440 g/mol. The van der Waals surface area contributed by atoms with Crippen LogP contribution in [0.4, 0.5) is 0 Å². The van der Waals surface area contributed by atoms with Crippen LogP contribution in [0.1, 0.15) is 36.7 Å². The molecule has 0 saturated heterocycles. The van der Waals surface area contributed by atoms with Gasteiger partial charge < -0.3 is 4.74 Å². The number of esters is 1. The van der Waals surface area contributed by atoms with Crippen LogP contribution in [-0.4, -0.2) is 23.3 Å². The molecule has 0 N–H and O–H groups in total. The van der Waals surface area contributed by atoms with Crippen molar-refractivity contribution in [3.63, 3.8) is 0 Å². The number of ketones is 1. The molecule has 144 valence electrons. The van der Waals surface area contributed by atoms with Crippen LogP contribution in [0.2, 0.25) is 0 Å². The number of aromatic nitrogens is 1. The van der Waals surface area contributed by atoms with Crippen LogP contribution in [-0.2, 0) is 9.53 Å². The fourth-order valence-electron chi connectivity index (χ4n) is 2.70. The largest absolute Gasteiger partial charge is 0.454 e. The minimum Gasteiger partial charge on any atom is -0.454 e. The van der Waals surface area contributed by atoms with Gasteiger partial charge in [0.25, 0.3) is 0 Å². The molecule has 5 heteroatoms. The predicted molar refractivity (Wildman–Crippen MR) is 114 cm³/mol. The number of pyridine rings is 1. The lowest BCUT2D eigenvalue weighted by Gasteiger charge is -2.16. The Labute approximate surface area is 173 Å². The fourth-order valence-corrected chi connectivity index (χ4v) is 2.97. The Morgan fingerprint density at radius 3 is 2.36 bits per heavy atom. The van der Waals surface area contributed by atoms with E-state index in [1.807, 2.05) is 49.4 Å². The second-order valence-electron chi connectivity index (χ2n) is 7.83. The third kappa shape index (κ3) is 4.47. The van der Waals surface area contributed by atoms with Gasteiger partial charge in [-0.25, -0.2) is 9.78 Å². The summed E-state index contributed by atoms with van der Waals surface area (Å²) in [5.74, 6) is -0.641. The summed E-state index contributed by atoms with van der Waals surface area (Å²) >= 11 is 3.43.